The molecule has 0 atom stereocenters. The summed E-state index contributed by atoms with van der Waals surface area (Å²) in [5, 5.41) is 4.98. The van der Waals surface area contributed by atoms with Crippen LogP contribution < -0.4 is 10.3 Å². The molecule has 27 heavy (non-hydrogen) atoms. The number of hydrazone groups is 1. The molecule has 0 spiro atoms. The van der Waals surface area contributed by atoms with E-state index in [1.54, 1.807) is 6.21 Å². The Morgan fingerprint density at radius 1 is 1.15 bits per heavy atom. The molecule has 0 aliphatic heterocycles. The smallest absolute Gasteiger partial charge is 0.272 e. The van der Waals surface area contributed by atoms with Gasteiger partial charge in [0.2, 0.25) is 0 Å². The van der Waals surface area contributed by atoms with Gasteiger partial charge in [0.25, 0.3) is 5.91 Å². The molecule has 1 amide bonds. The number of benzene rings is 2. The summed E-state index contributed by atoms with van der Waals surface area (Å²) in [7, 11) is 4.00. The molecule has 3 aromatic rings. The molecular formula is C22H22N4O. The van der Waals surface area contributed by atoms with Gasteiger partial charge in [-0.25, -0.2) is 5.43 Å². The minimum Gasteiger partial charge on any atom is -0.378 e. The van der Waals surface area contributed by atoms with E-state index in [4.69, 9.17) is 4.98 Å². The predicted molar refractivity (Wildman–Crippen MR) is 110 cm³/mol. The summed E-state index contributed by atoms with van der Waals surface area (Å²) >= 11 is 0. The molecule has 1 heterocycles. The molecule has 5 nitrogen and oxygen atoms in total. The number of aromatic nitrogens is 1. The Morgan fingerprint density at radius 2 is 1.89 bits per heavy atom. The first-order valence-corrected chi connectivity index (χ1v) is 9.12. The first-order chi connectivity index (χ1) is 13.1. The van der Waals surface area contributed by atoms with Gasteiger partial charge in [-0.1, -0.05) is 30.3 Å². The lowest BCUT2D eigenvalue weighted by Gasteiger charge is -2.11. The van der Waals surface area contributed by atoms with Crippen LogP contribution >= 0.6 is 0 Å². The summed E-state index contributed by atoms with van der Waals surface area (Å²) in [5.41, 5.74) is 7.19. The van der Waals surface area contributed by atoms with Gasteiger partial charge in [-0.2, -0.15) is 5.10 Å². The molecule has 0 saturated heterocycles. The number of anilines is 1. The van der Waals surface area contributed by atoms with Crippen molar-refractivity contribution in [1.29, 1.82) is 0 Å². The molecule has 4 rings (SSSR count). The zero-order valence-corrected chi connectivity index (χ0v) is 15.5. The minimum absolute atomic E-state index is 0.211. The van der Waals surface area contributed by atoms with E-state index in [2.05, 4.69) is 10.5 Å². The number of pyridine rings is 1. The lowest BCUT2D eigenvalue weighted by Crippen LogP contribution is -2.18. The summed E-state index contributed by atoms with van der Waals surface area (Å²) in [6.07, 6.45) is 3.95. The molecule has 0 bridgehead atoms. The van der Waals surface area contributed by atoms with E-state index in [9.17, 15) is 4.79 Å². The predicted octanol–water partition coefficient (Wildman–Crippen LogP) is 3.94. The summed E-state index contributed by atoms with van der Waals surface area (Å²) in [6, 6.07) is 17.6. The van der Waals surface area contributed by atoms with Gasteiger partial charge in [0, 0.05) is 36.8 Å². The van der Waals surface area contributed by atoms with Crippen LogP contribution in [-0.4, -0.2) is 31.2 Å². The number of carbonyl (C=O) groups is 1. The molecule has 1 N–H and O–H groups in total. The topological polar surface area (TPSA) is 57.6 Å². The van der Waals surface area contributed by atoms with Crippen LogP contribution in [0.5, 0.6) is 0 Å². The first-order valence-electron chi connectivity index (χ1n) is 9.12. The number of nitrogens with one attached hydrogen (secondary N) is 1. The maximum absolute atomic E-state index is 12.7. The molecule has 0 unspecified atom stereocenters. The third-order valence-electron chi connectivity index (χ3n) is 4.77. The highest BCUT2D eigenvalue weighted by Crippen LogP contribution is 2.40. The van der Waals surface area contributed by atoms with E-state index < -0.39 is 0 Å². The molecule has 1 aliphatic rings. The van der Waals surface area contributed by atoms with E-state index >= 15 is 0 Å². The van der Waals surface area contributed by atoms with E-state index in [1.807, 2.05) is 73.6 Å². The van der Waals surface area contributed by atoms with Crippen molar-refractivity contribution in [3.63, 3.8) is 0 Å². The quantitative estimate of drug-likeness (QED) is 0.555. The SMILES string of the molecule is CN(C)c1ccc(C=NNC(=O)c2cc(C3CC3)nc3ccccc23)cc1. The van der Waals surface area contributed by atoms with Gasteiger partial charge in [0.15, 0.2) is 0 Å². The van der Waals surface area contributed by atoms with Crippen molar-refractivity contribution in [3.8, 4) is 0 Å². The summed E-state index contributed by atoms with van der Waals surface area (Å²) in [6.45, 7) is 0. The molecule has 1 aromatic heterocycles. The van der Waals surface area contributed by atoms with Crippen LogP contribution in [-0.2, 0) is 0 Å². The van der Waals surface area contributed by atoms with Crippen LogP contribution in [0, 0.1) is 0 Å². The van der Waals surface area contributed by atoms with Crippen LogP contribution in [0.1, 0.15) is 40.4 Å². The van der Waals surface area contributed by atoms with E-state index in [0.717, 1.165) is 40.7 Å². The number of fused-ring (bicyclic) bond motifs is 1. The second kappa shape index (κ2) is 7.19. The standard InChI is InChI=1S/C22H22N4O/c1-26(2)17-11-7-15(8-12-17)14-23-25-22(27)19-13-21(16-9-10-16)24-20-6-4-3-5-18(19)20/h3-8,11-14,16H,9-10H2,1-2H3,(H,25,27). The normalized spacial score (nSPS) is 13.9. The second-order valence-corrected chi connectivity index (χ2v) is 7.07. The third kappa shape index (κ3) is 3.82. The number of hydrogen-bond donors (Lipinski definition) is 1. The maximum atomic E-state index is 12.7. The largest absolute Gasteiger partial charge is 0.378 e. The van der Waals surface area contributed by atoms with Gasteiger partial charge >= 0.3 is 0 Å². The van der Waals surface area contributed by atoms with Crippen LogP contribution in [0.25, 0.3) is 10.9 Å². The molecular weight excluding hydrogens is 336 g/mol. The van der Waals surface area contributed by atoms with Crippen LogP contribution in [0.3, 0.4) is 0 Å². The average Bonchev–Trinajstić information content (AvgIpc) is 3.52. The van der Waals surface area contributed by atoms with Crippen molar-refractivity contribution in [3.05, 3.63) is 71.4 Å². The Morgan fingerprint density at radius 3 is 2.59 bits per heavy atom. The van der Waals surface area contributed by atoms with Gasteiger partial charge < -0.3 is 4.90 Å². The number of amides is 1. The van der Waals surface area contributed by atoms with Gasteiger partial charge in [0.1, 0.15) is 0 Å². The van der Waals surface area contributed by atoms with Crippen LogP contribution in [0.2, 0.25) is 0 Å². The Labute approximate surface area is 158 Å². The Hall–Kier alpha value is -3.21. The number of nitrogens with zero attached hydrogens (tertiary/aromatic N) is 3. The fraction of sp³-hybridized carbons (Fsp3) is 0.227. The number of hydrogen-bond acceptors (Lipinski definition) is 4. The lowest BCUT2D eigenvalue weighted by atomic mass is 10.1. The molecule has 5 heteroatoms. The fourth-order valence-electron chi connectivity index (χ4n) is 3.06. The van der Waals surface area contributed by atoms with Crippen LogP contribution in [0.15, 0.2) is 59.7 Å². The zero-order chi connectivity index (χ0) is 18.8. The number of carbonyl (C=O) groups excluding carboxylic acids is 1. The third-order valence-corrected chi connectivity index (χ3v) is 4.77. The van der Waals surface area contributed by atoms with Gasteiger partial charge in [0.05, 0.1) is 17.3 Å². The Balaban J connectivity index is 1.54. The summed E-state index contributed by atoms with van der Waals surface area (Å²) in [4.78, 5) is 19.5. The minimum atomic E-state index is -0.211. The molecule has 136 valence electrons. The lowest BCUT2D eigenvalue weighted by molar-refractivity contribution is 0.0956. The monoisotopic (exact) mass is 358 g/mol. The first kappa shape index (κ1) is 17.2. The molecule has 1 aliphatic carbocycles. The van der Waals surface area contributed by atoms with Crippen molar-refractivity contribution in [2.24, 2.45) is 5.10 Å². The highest BCUT2D eigenvalue weighted by Gasteiger charge is 2.26. The number of para-hydroxylation sites is 1. The van der Waals surface area contributed by atoms with Crippen molar-refractivity contribution < 1.29 is 4.79 Å². The molecule has 0 radical (unpaired) electrons. The molecule has 1 fully saturated rings. The van der Waals surface area contributed by atoms with Gasteiger partial charge in [-0.15, -0.1) is 0 Å². The maximum Gasteiger partial charge on any atom is 0.272 e. The fourth-order valence-corrected chi connectivity index (χ4v) is 3.06. The second-order valence-electron chi connectivity index (χ2n) is 7.07. The van der Waals surface area contributed by atoms with Crippen molar-refractivity contribution in [1.82, 2.24) is 10.4 Å². The van der Waals surface area contributed by atoms with Crippen molar-refractivity contribution >= 4 is 28.7 Å². The van der Waals surface area contributed by atoms with E-state index in [1.165, 1.54) is 0 Å². The summed E-state index contributed by atoms with van der Waals surface area (Å²) < 4.78 is 0. The van der Waals surface area contributed by atoms with Crippen molar-refractivity contribution in [2.45, 2.75) is 18.8 Å². The van der Waals surface area contributed by atoms with Crippen molar-refractivity contribution in [2.75, 3.05) is 19.0 Å². The Kier molecular flexibility index (Phi) is 4.59. The molecule has 1 saturated carbocycles. The van der Waals surface area contributed by atoms with E-state index in [0.29, 0.717) is 11.5 Å². The highest BCUT2D eigenvalue weighted by atomic mass is 16.2. The Bertz CT molecular complexity index is 1000. The van der Waals surface area contributed by atoms with Crippen LogP contribution in [0.4, 0.5) is 5.69 Å². The average molecular weight is 358 g/mol. The van der Waals surface area contributed by atoms with Gasteiger partial charge in [-0.05, 0) is 42.7 Å². The highest BCUT2D eigenvalue weighted by molar-refractivity contribution is 6.06. The number of rotatable bonds is 5. The molecule has 2 aromatic carbocycles. The van der Waals surface area contributed by atoms with Gasteiger partial charge in [-0.3, -0.25) is 9.78 Å². The summed E-state index contributed by atoms with van der Waals surface area (Å²) in [5.74, 6) is 0.275. The van der Waals surface area contributed by atoms with E-state index in [-0.39, 0.29) is 5.91 Å². The zero-order valence-electron chi connectivity index (χ0n) is 15.5.